The fourth-order valence-electron chi connectivity index (χ4n) is 1.47. The van der Waals surface area contributed by atoms with E-state index in [1.165, 1.54) is 24.3 Å². The Morgan fingerprint density at radius 2 is 2.06 bits per heavy atom. The highest BCUT2D eigenvalue weighted by molar-refractivity contribution is 5.90. The smallest absolute Gasteiger partial charge is 0.269 e. The number of hydrogen-bond acceptors (Lipinski definition) is 4. The van der Waals surface area contributed by atoms with E-state index in [1.54, 1.807) is 0 Å². The minimum Gasteiger partial charge on any atom is -0.328 e. The molecule has 1 unspecified atom stereocenters. The quantitative estimate of drug-likeness (QED) is 0.597. The van der Waals surface area contributed by atoms with Gasteiger partial charge in [-0.05, 0) is 31.9 Å². The van der Waals surface area contributed by atoms with Crippen molar-refractivity contribution in [1.82, 2.24) is 0 Å². The number of carbonyl (C=O) groups is 1. The molecule has 0 saturated carbocycles. The summed E-state index contributed by atoms with van der Waals surface area (Å²) in [5, 5.41) is 13.1. The largest absolute Gasteiger partial charge is 0.328 e. The van der Waals surface area contributed by atoms with E-state index in [1.807, 2.05) is 6.92 Å². The molecule has 0 aliphatic carbocycles. The number of nitro groups is 1. The summed E-state index contributed by atoms with van der Waals surface area (Å²) in [6.07, 6.45) is 1.93. The average molecular weight is 251 g/mol. The van der Waals surface area contributed by atoms with E-state index in [2.05, 4.69) is 5.32 Å². The molecule has 1 aromatic carbocycles. The van der Waals surface area contributed by atoms with E-state index in [4.69, 9.17) is 5.73 Å². The molecular formula is C12H17N3O3. The fourth-order valence-corrected chi connectivity index (χ4v) is 1.47. The lowest BCUT2D eigenvalue weighted by atomic mass is 10.1. The van der Waals surface area contributed by atoms with Crippen LogP contribution in [0.5, 0.6) is 0 Å². The molecule has 18 heavy (non-hydrogen) atoms. The topological polar surface area (TPSA) is 98.3 Å². The van der Waals surface area contributed by atoms with Gasteiger partial charge in [0.05, 0.1) is 4.92 Å². The number of nitrogens with one attached hydrogen (secondary N) is 1. The maximum Gasteiger partial charge on any atom is 0.269 e. The molecule has 0 heterocycles. The van der Waals surface area contributed by atoms with Crippen LogP contribution in [0.2, 0.25) is 0 Å². The third kappa shape index (κ3) is 4.92. The van der Waals surface area contributed by atoms with Crippen molar-refractivity contribution in [1.29, 1.82) is 0 Å². The SMILES string of the molecule is CC(N)CCCC(=O)Nc1ccc([N+](=O)[O-])cc1. The van der Waals surface area contributed by atoms with Crippen LogP contribution in [0, 0.1) is 10.1 Å². The first-order chi connectivity index (χ1) is 8.49. The molecule has 0 saturated heterocycles. The van der Waals surface area contributed by atoms with Crippen LogP contribution in [0.25, 0.3) is 0 Å². The number of non-ortho nitro benzene ring substituents is 1. The Morgan fingerprint density at radius 3 is 2.56 bits per heavy atom. The summed E-state index contributed by atoms with van der Waals surface area (Å²) in [6.45, 7) is 1.90. The third-order valence-electron chi connectivity index (χ3n) is 2.43. The Labute approximate surface area is 105 Å². The van der Waals surface area contributed by atoms with Crippen molar-refractivity contribution in [3.8, 4) is 0 Å². The highest BCUT2D eigenvalue weighted by atomic mass is 16.6. The van der Waals surface area contributed by atoms with Gasteiger partial charge in [-0.3, -0.25) is 14.9 Å². The number of anilines is 1. The number of hydrogen-bond donors (Lipinski definition) is 2. The zero-order valence-corrected chi connectivity index (χ0v) is 10.3. The summed E-state index contributed by atoms with van der Waals surface area (Å²) >= 11 is 0. The van der Waals surface area contributed by atoms with Crippen LogP contribution in [0.4, 0.5) is 11.4 Å². The summed E-state index contributed by atoms with van der Waals surface area (Å²) in [4.78, 5) is 21.5. The molecule has 6 heteroatoms. The van der Waals surface area contributed by atoms with Gasteiger partial charge in [0.25, 0.3) is 5.69 Å². The number of rotatable bonds is 6. The van der Waals surface area contributed by atoms with Gasteiger partial charge in [-0.1, -0.05) is 0 Å². The normalized spacial score (nSPS) is 11.9. The number of nitrogens with zero attached hydrogens (tertiary/aromatic N) is 1. The number of amides is 1. The van der Waals surface area contributed by atoms with Crippen LogP contribution in [0.1, 0.15) is 26.2 Å². The standard InChI is InChI=1S/C12H17N3O3/c1-9(13)3-2-4-12(16)14-10-5-7-11(8-6-10)15(17)18/h5-9H,2-4,13H2,1H3,(H,14,16). The Bertz CT molecular complexity index is 415. The minimum absolute atomic E-state index is 0.00459. The second-order valence-corrected chi connectivity index (χ2v) is 4.22. The summed E-state index contributed by atoms with van der Waals surface area (Å²) < 4.78 is 0. The zero-order valence-electron chi connectivity index (χ0n) is 10.3. The van der Waals surface area contributed by atoms with Crippen LogP contribution in [-0.2, 0) is 4.79 Å². The van der Waals surface area contributed by atoms with Gasteiger partial charge in [-0.15, -0.1) is 0 Å². The van der Waals surface area contributed by atoms with Gasteiger partial charge in [0.15, 0.2) is 0 Å². The molecule has 0 spiro atoms. The highest BCUT2D eigenvalue weighted by Gasteiger charge is 2.06. The van der Waals surface area contributed by atoms with Gasteiger partial charge in [-0.25, -0.2) is 0 Å². The van der Waals surface area contributed by atoms with Crippen LogP contribution in [0.3, 0.4) is 0 Å². The van der Waals surface area contributed by atoms with Crippen molar-refractivity contribution in [2.75, 3.05) is 5.32 Å². The molecule has 0 aromatic heterocycles. The molecule has 0 aliphatic rings. The predicted molar refractivity (Wildman–Crippen MR) is 69.2 cm³/mol. The number of carbonyl (C=O) groups excluding carboxylic acids is 1. The van der Waals surface area contributed by atoms with Gasteiger partial charge >= 0.3 is 0 Å². The first-order valence-electron chi connectivity index (χ1n) is 5.79. The minimum atomic E-state index is -0.478. The molecule has 1 atom stereocenters. The summed E-state index contributed by atoms with van der Waals surface area (Å²) in [5.41, 5.74) is 6.15. The van der Waals surface area contributed by atoms with Crippen molar-refractivity contribution < 1.29 is 9.72 Å². The second-order valence-electron chi connectivity index (χ2n) is 4.22. The summed E-state index contributed by atoms with van der Waals surface area (Å²) in [6, 6.07) is 5.84. The third-order valence-corrected chi connectivity index (χ3v) is 2.43. The van der Waals surface area contributed by atoms with E-state index in [-0.39, 0.29) is 17.6 Å². The Kier molecular flexibility index (Phi) is 5.26. The van der Waals surface area contributed by atoms with E-state index in [0.717, 1.165) is 12.8 Å². The lowest BCUT2D eigenvalue weighted by Gasteiger charge is -2.06. The Morgan fingerprint density at radius 1 is 1.44 bits per heavy atom. The highest BCUT2D eigenvalue weighted by Crippen LogP contribution is 2.15. The Balaban J connectivity index is 2.42. The van der Waals surface area contributed by atoms with Crippen molar-refractivity contribution in [2.45, 2.75) is 32.2 Å². The predicted octanol–water partition coefficient (Wildman–Crippen LogP) is 2.05. The maximum atomic E-state index is 11.5. The Hall–Kier alpha value is -1.95. The lowest BCUT2D eigenvalue weighted by Crippen LogP contribution is -2.16. The first kappa shape index (κ1) is 14.1. The molecule has 1 amide bonds. The molecule has 1 aromatic rings. The maximum absolute atomic E-state index is 11.5. The van der Waals surface area contributed by atoms with Gasteiger partial charge in [-0.2, -0.15) is 0 Å². The molecule has 3 N–H and O–H groups in total. The molecule has 6 nitrogen and oxygen atoms in total. The van der Waals surface area contributed by atoms with E-state index >= 15 is 0 Å². The fraction of sp³-hybridized carbons (Fsp3) is 0.417. The summed E-state index contributed by atoms with van der Waals surface area (Å²) in [5.74, 6) is -0.107. The van der Waals surface area contributed by atoms with Crippen molar-refractivity contribution in [3.05, 3.63) is 34.4 Å². The van der Waals surface area contributed by atoms with Crippen LogP contribution < -0.4 is 11.1 Å². The lowest BCUT2D eigenvalue weighted by molar-refractivity contribution is -0.384. The van der Waals surface area contributed by atoms with Gasteiger partial charge in [0.2, 0.25) is 5.91 Å². The molecule has 0 aliphatic heterocycles. The van der Waals surface area contributed by atoms with Crippen LogP contribution >= 0.6 is 0 Å². The number of benzene rings is 1. The van der Waals surface area contributed by atoms with Crippen molar-refractivity contribution >= 4 is 17.3 Å². The molecule has 98 valence electrons. The molecule has 0 radical (unpaired) electrons. The van der Waals surface area contributed by atoms with Crippen molar-refractivity contribution in [2.24, 2.45) is 5.73 Å². The van der Waals surface area contributed by atoms with Crippen molar-refractivity contribution in [3.63, 3.8) is 0 Å². The van der Waals surface area contributed by atoms with Gasteiger partial charge in [0.1, 0.15) is 0 Å². The molecule has 0 fully saturated rings. The van der Waals surface area contributed by atoms with E-state index in [0.29, 0.717) is 12.1 Å². The number of nitrogens with two attached hydrogens (primary N) is 1. The molecule has 0 bridgehead atoms. The van der Waals surface area contributed by atoms with E-state index < -0.39 is 4.92 Å². The number of nitro benzene ring substituents is 1. The van der Waals surface area contributed by atoms with Crippen LogP contribution in [0.15, 0.2) is 24.3 Å². The zero-order chi connectivity index (χ0) is 13.5. The first-order valence-corrected chi connectivity index (χ1v) is 5.79. The van der Waals surface area contributed by atoms with Gasteiger partial charge < -0.3 is 11.1 Å². The monoisotopic (exact) mass is 251 g/mol. The molecular weight excluding hydrogens is 234 g/mol. The second kappa shape index (κ2) is 6.70. The van der Waals surface area contributed by atoms with E-state index in [9.17, 15) is 14.9 Å². The average Bonchev–Trinajstić information content (AvgIpc) is 2.29. The molecule has 1 rings (SSSR count). The van der Waals surface area contributed by atoms with Crippen LogP contribution in [-0.4, -0.2) is 16.9 Å². The summed E-state index contributed by atoms with van der Waals surface area (Å²) in [7, 11) is 0. The van der Waals surface area contributed by atoms with Gasteiger partial charge in [0, 0.05) is 30.3 Å².